The summed E-state index contributed by atoms with van der Waals surface area (Å²) in [6.07, 6.45) is 0. The van der Waals surface area contributed by atoms with Gasteiger partial charge in [0.2, 0.25) is 0 Å². The highest BCUT2D eigenvalue weighted by molar-refractivity contribution is 7.17. The van der Waals surface area contributed by atoms with Crippen LogP contribution >= 0.6 is 11.3 Å². The molecule has 1 fully saturated rings. The summed E-state index contributed by atoms with van der Waals surface area (Å²) in [5.74, 6) is -1.71. The lowest BCUT2D eigenvalue weighted by molar-refractivity contribution is -0.132. The maximum atomic E-state index is 13.4. The van der Waals surface area contributed by atoms with Gasteiger partial charge >= 0.3 is 11.9 Å². The normalized spacial score (nSPS) is 16.8. The molecule has 2 heterocycles. The third-order valence-electron chi connectivity index (χ3n) is 5.68. The number of nitrogens with zero attached hydrogens (tertiary/aromatic N) is 2. The van der Waals surface area contributed by atoms with Crippen LogP contribution in [0, 0.1) is 6.92 Å². The minimum Gasteiger partial charge on any atom is -0.507 e. The largest absolute Gasteiger partial charge is 0.507 e. The van der Waals surface area contributed by atoms with Gasteiger partial charge in [0.1, 0.15) is 28.2 Å². The molecular formula is C26H24N2O7S. The molecule has 36 heavy (non-hydrogen) atoms. The zero-order chi connectivity index (χ0) is 26.0. The third kappa shape index (κ3) is 4.31. The van der Waals surface area contributed by atoms with Crippen molar-refractivity contribution in [2.75, 3.05) is 25.7 Å². The topological polar surface area (TPSA) is 115 Å². The summed E-state index contributed by atoms with van der Waals surface area (Å²) in [6, 6.07) is 12.4. The maximum Gasteiger partial charge on any atom is 0.350 e. The number of hydrogen-bond acceptors (Lipinski definition) is 9. The van der Waals surface area contributed by atoms with Gasteiger partial charge in [-0.2, -0.15) is 0 Å². The summed E-state index contributed by atoms with van der Waals surface area (Å²) in [6.45, 7) is 3.94. The Kier molecular flexibility index (Phi) is 7.07. The number of hydrogen-bond donors (Lipinski definition) is 1. The molecule has 1 amide bonds. The number of rotatable bonds is 7. The number of carbonyl (C=O) groups is 3. The van der Waals surface area contributed by atoms with Crippen LogP contribution in [0.15, 0.2) is 54.1 Å². The second kappa shape index (κ2) is 10.2. The number of Topliss-reactive ketones (excluding diaryl/α,β-unsaturated/α-hetero) is 1. The molecular weight excluding hydrogens is 484 g/mol. The Morgan fingerprint density at radius 3 is 2.44 bits per heavy atom. The number of anilines is 1. The van der Waals surface area contributed by atoms with E-state index in [2.05, 4.69) is 4.98 Å². The quantitative estimate of drug-likeness (QED) is 0.218. The van der Waals surface area contributed by atoms with Crippen molar-refractivity contribution < 1.29 is 33.7 Å². The monoisotopic (exact) mass is 508 g/mol. The maximum absolute atomic E-state index is 13.4. The van der Waals surface area contributed by atoms with Crippen molar-refractivity contribution in [1.82, 2.24) is 4.98 Å². The molecule has 1 aliphatic rings. The Labute approximate surface area is 211 Å². The summed E-state index contributed by atoms with van der Waals surface area (Å²) < 4.78 is 15.8. The van der Waals surface area contributed by atoms with Gasteiger partial charge in [-0.15, -0.1) is 0 Å². The summed E-state index contributed by atoms with van der Waals surface area (Å²) in [7, 11) is 2.72. The second-order valence-electron chi connectivity index (χ2n) is 7.77. The Morgan fingerprint density at radius 1 is 1.11 bits per heavy atom. The van der Waals surface area contributed by atoms with Gasteiger partial charge < -0.3 is 19.3 Å². The number of carbonyl (C=O) groups excluding carboxylic acids is 3. The van der Waals surface area contributed by atoms with Crippen LogP contribution in [0.2, 0.25) is 0 Å². The van der Waals surface area contributed by atoms with E-state index in [0.29, 0.717) is 34.9 Å². The molecule has 1 atom stereocenters. The summed E-state index contributed by atoms with van der Waals surface area (Å²) >= 11 is 0.930. The van der Waals surface area contributed by atoms with E-state index in [-0.39, 0.29) is 21.3 Å². The lowest BCUT2D eigenvalue weighted by Gasteiger charge is -2.24. The molecule has 0 unspecified atom stereocenters. The first-order valence-corrected chi connectivity index (χ1v) is 11.9. The molecule has 1 aliphatic heterocycles. The van der Waals surface area contributed by atoms with Crippen LogP contribution < -0.4 is 14.4 Å². The molecule has 0 spiro atoms. The standard InChI is InChI=1S/C26H24N2O7S/c1-5-35-16-12-10-15(11-13-16)21(29)19-20(17-8-6-7-9-18(17)33-3)28(24(31)22(19)30)26-27-14(2)23(36-26)25(32)34-4/h6-13,20,29H,5H2,1-4H3/t20-/m0/s1. The smallest absolute Gasteiger partial charge is 0.350 e. The SMILES string of the molecule is CCOc1ccc(C(O)=C2C(=O)C(=O)N(c3nc(C)c(C(=O)OC)s3)[C@H]2c2ccccc2OC)cc1. The number of aliphatic hydroxyl groups is 1. The van der Waals surface area contributed by atoms with Gasteiger partial charge in [-0.25, -0.2) is 9.78 Å². The van der Waals surface area contributed by atoms with E-state index in [1.165, 1.54) is 19.1 Å². The Balaban J connectivity index is 1.93. The molecule has 2 aromatic carbocycles. The number of para-hydroxylation sites is 1. The average molecular weight is 509 g/mol. The predicted molar refractivity (Wildman–Crippen MR) is 134 cm³/mol. The highest BCUT2D eigenvalue weighted by Gasteiger charge is 2.49. The zero-order valence-corrected chi connectivity index (χ0v) is 20.9. The number of ketones is 1. The summed E-state index contributed by atoms with van der Waals surface area (Å²) in [5.41, 5.74) is 1.04. The molecule has 4 rings (SSSR count). The molecule has 9 nitrogen and oxygen atoms in total. The van der Waals surface area contributed by atoms with Crippen molar-refractivity contribution in [3.63, 3.8) is 0 Å². The van der Waals surface area contributed by atoms with Gasteiger partial charge in [-0.05, 0) is 44.2 Å². The Bertz CT molecular complexity index is 1360. The minimum absolute atomic E-state index is 0.122. The number of esters is 1. The first-order valence-electron chi connectivity index (χ1n) is 11.0. The number of benzene rings is 2. The van der Waals surface area contributed by atoms with Gasteiger partial charge in [0.05, 0.1) is 32.1 Å². The molecule has 0 aliphatic carbocycles. The molecule has 3 aromatic rings. The van der Waals surface area contributed by atoms with Crippen LogP contribution in [-0.4, -0.2) is 48.6 Å². The molecule has 1 saturated heterocycles. The summed E-state index contributed by atoms with van der Waals surface area (Å²) in [5, 5.41) is 11.4. The number of methoxy groups -OCH3 is 2. The third-order valence-corrected chi connectivity index (χ3v) is 6.82. The van der Waals surface area contributed by atoms with Gasteiger partial charge in [0.15, 0.2) is 5.13 Å². The van der Waals surface area contributed by atoms with Crippen molar-refractivity contribution in [2.24, 2.45) is 0 Å². The predicted octanol–water partition coefficient (Wildman–Crippen LogP) is 4.27. The molecule has 0 radical (unpaired) electrons. The van der Waals surface area contributed by atoms with E-state index in [1.807, 2.05) is 6.92 Å². The average Bonchev–Trinajstić information content (AvgIpc) is 3.40. The number of amides is 1. The van der Waals surface area contributed by atoms with Crippen LogP contribution in [-0.2, 0) is 14.3 Å². The van der Waals surface area contributed by atoms with E-state index in [0.717, 1.165) is 11.3 Å². The van der Waals surface area contributed by atoms with Gasteiger partial charge in [-0.1, -0.05) is 29.5 Å². The number of ether oxygens (including phenoxy) is 3. The highest BCUT2D eigenvalue weighted by Crippen LogP contribution is 2.46. The van der Waals surface area contributed by atoms with Crippen LogP contribution in [0.3, 0.4) is 0 Å². The molecule has 0 bridgehead atoms. The lowest BCUT2D eigenvalue weighted by atomic mass is 9.94. The first kappa shape index (κ1) is 24.9. The second-order valence-corrected chi connectivity index (χ2v) is 8.75. The number of aliphatic hydroxyl groups excluding tert-OH is 1. The molecule has 186 valence electrons. The first-order chi connectivity index (χ1) is 17.3. The van der Waals surface area contributed by atoms with Crippen LogP contribution in [0.1, 0.15) is 39.5 Å². The molecule has 1 aromatic heterocycles. The highest BCUT2D eigenvalue weighted by atomic mass is 32.1. The van der Waals surface area contributed by atoms with E-state index in [9.17, 15) is 19.5 Å². The Morgan fingerprint density at radius 2 is 1.81 bits per heavy atom. The van der Waals surface area contributed by atoms with E-state index in [4.69, 9.17) is 14.2 Å². The van der Waals surface area contributed by atoms with Crippen LogP contribution in [0.4, 0.5) is 5.13 Å². The fourth-order valence-electron chi connectivity index (χ4n) is 4.01. The number of aromatic nitrogens is 1. The van der Waals surface area contributed by atoms with E-state index < -0.39 is 23.7 Å². The van der Waals surface area contributed by atoms with Gasteiger partial charge in [0.25, 0.3) is 5.78 Å². The van der Waals surface area contributed by atoms with Crippen molar-refractivity contribution in [3.05, 3.63) is 75.8 Å². The summed E-state index contributed by atoms with van der Waals surface area (Å²) in [4.78, 5) is 44.7. The molecule has 10 heteroatoms. The van der Waals surface area contributed by atoms with E-state index in [1.54, 1.807) is 55.5 Å². The van der Waals surface area contributed by atoms with E-state index >= 15 is 0 Å². The fraction of sp³-hybridized carbons (Fsp3) is 0.231. The van der Waals surface area contributed by atoms with Crippen molar-refractivity contribution in [2.45, 2.75) is 19.9 Å². The van der Waals surface area contributed by atoms with Gasteiger partial charge in [0, 0.05) is 11.1 Å². The van der Waals surface area contributed by atoms with Crippen LogP contribution in [0.5, 0.6) is 11.5 Å². The van der Waals surface area contributed by atoms with Crippen LogP contribution in [0.25, 0.3) is 5.76 Å². The molecule has 1 N–H and O–H groups in total. The molecule has 0 saturated carbocycles. The zero-order valence-electron chi connectivity index (χ0n) is 20.1. The number of thiazole rings is 1. The Hall–Kier alpha value is -4.18. The minimum atomic E-state index is -1.05. The van der Waals surface area contributed by atoms with Gasteiger partial charge in [-0.3, -0.25) is 14.5 Å². The number of aryl methyl sites for hydroxylation is 1. The lowest BCUT2D eigenvalue weighted by Crippen LogP contribution is -2.29. The van der Waals surface area contributed by atoms with Crippen molar-refractivity contribution in [3.8, 4) is 11.5 Å². The van der Waals surface area contributed by atoms with Crippen molar-refractivity contribution in [1.29, 1.82) is 0 Å². The van der Waals surface area contributed by atoms with Crippen molar-refractivity contribution >= 4 is 39.9 Å². The fourth-order valence-corrected chi connectivity index (χ4v) is 5.03.